The molecule has 0 radical (unpaired) electrons. The largest absolute Gasteiger partial charge is 0.387 e. The van der Waals surface area contributed by atoms with E-state index in [0.29, 0.717) is 31.6 Å². The average molecular weight is 371 g/mol. The minimum Gasteiger partial charge on any atom is -0.387 e. The van der Waals surface area contributed by atoms with Crippen molar-refractivity contribution in [1.82, 2.24) is 9.80 Å². The Balaban J connectivity index is 1.46. The van der Waals surface area contributed by atoms with Crippen LogP contribution < -0.4 is 4.90 Å². The summed E-state index contributed by atoms with van der Waals surface area (Å²) in [6, 6.07) is 7.36. The molecule has 3 aliphatic rings. The Bertz CT molecular complexity index is 716. The molecule has 1 atom stereocenters. The zero-order valence-electron chi connectivity index (χ0n) is 15.9. The second kappa shape index (κ2) is 7.60. The molecule has 0 bridgehead atoms. The molecular formula is C21H29N3O3. The van der Waals surface area contributed by atoms with Gasteiger partial charge in [-0.25, -0.2) is 0 Å². The van der Waals surface area contributed by atoms with Crippen LogP contribution in [0.2, 0.25) is 0 Å². The fourth-order valence-corrected chi connectivity index (χ4v) is 4.68. The molecule has 6 heteroatoms. The van der Waals surface area contributed by atoms with Crippen molar-refractivity contribution in [1.29, 1.82) is 0 Å². The smallest absolute Gasteiger partial charge is 0.254 e. The molecule has 1 aromatic rings. The zero-order chi connectivity index (χ0) is 18.9. The van der Waals surface area contributed by atoms with Gasteiger partial charge in [0, 0.05) is 37.3 Å². The summed E-state index contributed by atoms with van der Waals surface area (Å²) in [6.45, 7) is 4.52. The number of piperidine rings is 1. The summed E-state index contributed by atoms with van der Waals surface area (Å²) < 4.78 is 0. The van der Waals surface area contributed by atoms with Gasteiger partial charge in [0.05, 0.1) is 12.1 Å². The fraction of sp³-hybridized carbons (Fsp3) is 0.619. The number of carbonyl (C=O) groups is 2. The Morgan fingerprint density at radius 3 is 2.63 bits per heavy atom. The first-order chi connectivity index (χ1) is 13.0. The van der Waals surface area contributed by atoms with Crippen molar-refractivity contribution in [2.24, 2.45) is 0 Å². The number of β-amino-alcohol motifs (C(OH)–C–C–N with tert-alkyl or cyclic N) is 1. The molecule has 0 aliphatic carbocycles. The van der Waals surface area contributed by atoms with E-state index in [1.165, 1.54) is 12.8 Å². The van der Waals surface area contributed by atoms with E-state index in [9.17, 15) is 14.7 Å². The number of likely N-dealkylation sites (tertiary alicyclic amines) is 2. The van der Waals surface area contributed by atoms with Crippen molar-refractivity contribution in [2.75, 3.05) is 44.2 Å². The number of anilines is 1. The molecule has 4 rings (SSSR count). The highest BCUT2D eigenvalue weighted by molar-refractivity contribution is 5.99. The van der Waals surface area contributed by atoms with Crippen molar-refractivity contribution >= 4 is 17.5 Å². The zero-order valence-corrected chi connectivity index (χ0v) is 15.9. The highest BCUT2D eigenvalue weighted by Gasteiger charge is 2.37. The van der Waals surface area contributed by atoms with Crippen LogP contribution in [-0.4, -0.2) is 71.6 Å². The minimum atomic E-state index is -0.819. The van der Waals surface area contributed by atoms with E-state index >= 15 is 0 Å². The molecule has 3 heterocycles. The summed E-state index contributed by atoms with van der Waals surface area (Å²) in [5.41, 5.74) is 0.575. The van der Waals surface area contributed by atoms with Gasteiger partial charge in [0.1, 0.15) is 0 Å². The standard InChI is InChI=1S/C21H29N3O3/c25-19-8-4-13-24(19)18-7-3-6-17(14-18)20(26)23-12-5-9-21(27,16-23)15-22-10-1-2-11-22/h3,6-7,14,27H,1-2,4-5,8-13,15-16H2/t21-/m0/s1. The molecule has 6 nitrogen and oxygen atoms in total. The van der Waals surface area contributed by atoms with E-state index in [2.05, 4.69) is 4.90 Å². The van der Waals surface area contributed by atoms with Crippen molar-refractivity contribution in [3.63, 3.8) is 0 Å². The van der Waals surface area contributed by atoms with Crippen LogP contribution in [0.25, 0.3) is 0 Å². The van der Waals surface area contributed by atoms with Crippen molar-refractivity contribution in [3.05, 3.63) is 29.8 Å². The van der Waals surface area contributed by atoms with Crippen molar-refractivity contribution in [3.8, 4) is 0 Å². The van der Waals surface area contributed by atoms with E-state index in [-0.39, 0.29) is 11.8 Å². The second-order valence-corrected chi connectivity index (χ2v) is 8.24. The van der Waals surface area contributed by atoms with Gasteiger partial charge in [0.15, 0.2) is 0 Å². The summed E-state index contributed by atoms with van der Waals surface area (Å²) in [6.07, 6.45) is 5.40. The van der Waals surface area contributed by atoms with E-state index in [1.807, 2.05) is 18.2 Å². The average Bonchev–Trinajstić information content (AvgIpc) is 3.32. The maximum atomic E-state index is 13.1. The van der Waals surface area contributed by atoms with Gasteiger partial charge >= 0.3 is 0 Å². The van der Waals surface area contributed by atoms with E-state index in [0.717, 1.165) is 44.6 Å². The Kier molecular flexibility index (Phi) is 5.19. The second-order valence-electron chi connectivity index (χ2n) is 8.24. The first kappa shape index (κ1) is 18.4. The third-order valence-electron chi connectivity index (χ3n) is 6.04. The lowest BCUT2D eigenvalue weighted by Crippen LogP contribution is -2.55. The van der Waals surface area contributed by atoms with E-state index < -0.39 is 5.60 Å². The fourth-order valence-electron chi connectivity index (χ4n) is 4.68. The van der Waals surface area contributed by atoms with Gasteiger partial charge in [-0.2, -0.15) is 0 Å². The highest BCUT2D eigenvalue weighted by Crippen LogP contribution is 2.27. The topological polar surface area (TPSA) is 64.1 Å². The van der Waals surface area contributed by atoms with Crippen LogP contribution in [0, 0.1) is 0 Å². The minimum absolute atomic E-state index is 0.0527. The molecule has 0 aromatic heterocycles. The Labute approximate surface area is 160 Å². The highest BCUT2D eigenvalue weighted by atomic mass is 16.3. The van der Waals surface area contributed by atoms with Crippen LogP contribution in [0.5, 0.6) is 0 Å². The molecule has 27 heavy (non-hydrogen) atoms. The first-order valence-corrected chi connectivity index (χ1v) is 10.2. The van der Waals surface area contributed by atoms with Crippen LogP contribution >= 0.6 is 0 Å². The Morgan fingerprint density at radius 1 is 1.07 bits per heavy atom. The van der Waals surface area contributed by atoms with E-state index in [4.69, 9.17) is 0 Å². The third-order valence-corrected chi connectivity index (χ3v) is 6.04. The lowest BCUT2D eigenvalue weighted by molar-refractivity contribution is -0.117. The summed E-state index contributed by atoms with van der Waals surface area (Å²) in [4.78, 5) is 30.9. The van der Waals surface area contributed by atoms with Crippen molar-refractivity contribution in [2.45, 2.75) is 44.1 Å². The third kappa shape index (κ3) is 4.01. The number of amides is 2. The lowest BCUT2D eigenvalue weighted by Gasteiger charge is -2.41. The molecule has 0 saturated carbocycles. The summed E-state index contributed by atoms with van der Waals surface area (Å²) in [5.74, 6) is 0.0700. The van der Waals surface area contributed by atoms with Gasteiger partial charge in [0.2, 0.25) is 5.91 Å². The Morgan fingerprint density at radius 2 is 1.89 bits per heavy atom. The molecule has 3 saturated heterocycles. The number of benzene rings is 1. The van der Waals surface area contributed by atoms with E-state index in [1.54, 1.807) is 15.9 Å². The number of hydrogen-bond donors (Lipinski definition) is 1. The predicted molar refractivity (Wildman–Crippen MR) is 104 cm³/mol. The van der Waals surface area contributed by atoms with Crippen LogP contribution in [0.3, 0.4) is 0 Å². The normalized spacial score (nSPS) is 26.8. The molecule has 3 aliphatic heterocycles. The van der Waals surface area contributed by atoms with Crippen LogP contribution in [0.4, 0.5) is 5.69 Å². The van der Waals surface area contributed by atoms with Crippen molar-refractivity contribution < 1.29 is 14.7 Å². The molecule has 0 unspecified atom stereocenters. The number of hydrogen-bond acceptors (Lipinski definition) is 4. The molecule has 146 valence electrons. The molecule has 0 spiro atoms. The first-order valence-electron chi connectivity index (χ1n) is 10.2. The van der Waals surface area contributed by atoms with Gasteiger partial charge < -0.3 is 19.8 Å². The molecule has 3 fully saturated rings. The number of nitrogens with zero attached hydrogens (tertiary/aromatic N) is 3. The number of carbonyl (C=O) groups excluding carboxylic acids is 2. The van der Waals surface area contributed by atoms with Gasteiger partial charge in [-0.15, -0.1) is 0 Å². The van der Waals surface area contributed by atoms with Gasteiger partial charge in [-0.1, -0.05) is 6.07 Å². The molecule has 2 amide bonds. The van der Waals surface area contributed by atoms with Gasteiger partial charge in [0.25, 0.3) is 5.91 Å². The van der Waals surface area contributed by atoms with Crippen LogP contribution in [0.15, 0.2) is 24.3 Å². The predicted octanol–water partition coefficient (Wildman–Crippen LogP) is 1.88. The molecule has 1 aromatic carbocycles. The quantitative estimate of drug-likeness (QED) is 0.878. The summed E-state index contributed by atoms with van der Waals surface area (Å²) in [7, 11) is 0. The maximum absolute atomic E-state index is 13.1. The lowest BCUT2D eigenvalue weighted by atomic mass is 9.91. The summed E-state index contributed by atoms with van der Waals surface area (Å²) >= 11 is 0. The Hall–Kier alpha value is -1.92. The maximum Gasteiger partial charge on any atom is 0.254 e. The van der Waals surface area contributed by atoms with Crippen LogP contribution in [-0.2, 0) is 4.79 Å². The van der Waals surface area contributed by atoms with Crippen LogP contribution in [0.1, 0.15) is 48.9 Å². The number of aliphatic hydroxyl groups is 1. The number of rotatable bonds is 4. The monoisotopic (exact) mass is 371 g/mol. The molecular weight excluding hydrogens is 342 g/mol. The van der Waals surface area contributed by atoms with Gasteiger partial charge in [-0.3, -0.25) is 9.59 Å². The molecule has 1 N–H and O–H groups in total. The summed E-state index contributed by atoms with van der Waals surface area (Å²) in [5, 5.41) is 11.1. The van der Waals surface area contributed by atoms with Gasteiger partial charge in [-0.05, 0) is 63.4 Å². The SMILES string of the molecule is O=C(c1cccc(N2CCCC2=O)c1)N1CCC[C@](O)(CN2CCCC2)C1.